The van der Waals surface area contributed by atoms with Gasteiger partial charge in [0.05, 0.1) is 35.9 Å². The lowest BCUT2D eigenvalue weighted by Crippen LogP contribution is -2.07. The molecule has 1 heterocycles. The van der Waals surface area contributed by atoms with Crippen molar-refractivity contribution in [3.8, 4) is 17.1 Å². The number of carbonyl (C=O) groups excluding carboxylic acids is 1. The molecule has 0 bridgehead atoms. The summed E-state index contributed by atoms with van der Waals surface area (Å²) >= 11 is 0. The van der Waals surface area contributed by atoms with Crippen molar-refractivity contribution >= 4 is 17.0 Å². The quantitative estimate of drug-likeness (QED) is 0.595. The van der Waals surface area contributed by atoms with Gasteiger partial charge in [0.1, 0.15) is 11.6 Å². The first-order valence-corrected chi connectivity index (χ1v) is 8.93. The summed E-state index contributed by atoms with van der Waals surface area (Å²) < 4.78 is 12.9. The van der Waals surface area contributed by atoms with Gasteiger partial charge in [-0.1, -0.05) is 19.1 Å². The maximum absolute atomic E-state index is 12.1. The van der Waals surface area contributed by atoms with Gasteiger partial charge in [-0.25, -0.2) is 9.78 Å². The number of rotatable bonds is 6. The number of methoxy groups -OCH3 is 1. The van der Waals surface area contributed by atoms with Crippen molar-refractivity contribution < 1.29 is 14.3 Å². The zero-order chi connectivity index (χ0) is 18.7. The summed E-state index contributed by atoms with van der Waals surface area (Å²) in [7, 11) is 1.66. The number of hydrogen-bond donors (Lipinski definition) is 0. The lowest BCUT2D eigenvalue weighted by atomic mass is 10.1. The maximum Gasteiger partial charge on any atom is 0.338 e. The fourth-order valence-electron chi connectivity index (χ4n) is 3.09. The second-order valence-electron chi connectivity index (χ2n) is 6.19. The Morgan fingerprint density at radius 1 is 1.19 bits per heavy atom. The zero-order valence-corrected chi connectivity index (χ0v) is 15.7. The van der Waals surface area contributed by atoms with Gasteiger partial charge in [-0.05, 0) is 50.6 Å². The van der Waals surface area contributed by atoms with Gasteiger partial charge in [0.15, 0.2) is 0 Å². The lowest BCUT2D eigenvalue weighted by Gasteiger charge is -2.17. The van der Waals surface area contributed by atoms with Crippen LogP contribution in [0.4, 0.5) is 0 Å². The molecule has 3 rings (SSSR count). The van der Waals surface area contributed by atoms with E-state index in [0.717, 1.165) is 34.6 Å². The van der Waals surface area contributed by atoms with Gasteiger partial charge in [0.2, 0.25) is 0 Å². The van der Waals surface area contributed by atoms with Crippen LogP contribution in [0.25, 0.3) is 22.4 Å². The Hall–Kier alpha value is -2.82. The van der Waals surface area contributed by atoms with E-state index in [9.17, 15) is 4.79 Å². The molecule has 2 aromatic carbocycles. The second-order valence-corrected chi connectivity index (χ2v) is 6.19. The van der Waals surface area contributed by atoms with Crippen LogP contribution in [0.1, 0.15) is 43.6 Å². The average molecular weight is 352 g/mol. The van der Waals surface area contributed by atoms with Crippen LogP contribution in [0.2, 0.25) is 0 Å². The molecule has 0 fully saturated rings. The Morgan fingerprint density at radius 2 is 1.96 bits per heavy atom. The van der Waals surface area contributed by atoms with E-state index in [1.54, 1.807) is 26.2 Å². The highest BCUT2D eigenvalue weighted by Crippen LogP contribution is 2.34. The fraction of sp³-hybridized carbons (Fsp3) is 0.333. The third-order valence-corrected chi connectivity index (χ3v) is 4.58. The first kappa shape index (κ1) is 18.0. The molecule has 0 aliphatic carbocycles. The van der Waals surface area contributed by atoms with E-state index in [4.69, 9.17) is 14.5 Å². The predicted octanol–water partition coefficient (Wildman–Crippen LogP) is 4.86. The van der Waals surface area contributed by atoms with Crippen LogP contribution in [0, 0.1) is 0 Å². The molecule has 136 valence electrons. The second kappa shape index (κ2) is 7.60. The van der Waals surface area contributed by atoms with Crippen LogP contribution < -0.4 is 4.74 Å². The monoisotopic (exact) mass is 352 g/mol. The molecule has 1 aromatic heterocycles. The van der Waals surface area contributed by atoms with Crippen LogP contribution in [0.15, 0.2) is 42.5 Å². The number of esters is 1. The van der Waals surface area contributed by atoms with E-state index in [-0.39, 0.29) is 12.0 Å². The third-order valence-electron chi connectivity index (χ3n) is 4.58. The number of nitrogens with zero attached hydrogens (tertiary/aromatic N) is 2. The Bertz CT molecular complexity index is 930. The molecule has 5 nitrogen and oxygen atoms in total. The number of ether oxygens (including phenoxy) is 2. The average Bonchev–Trinajstić information content (AvgIpc) is 3.05. The van der Waals surface area contributed by atoms with Gasteiger partial charge in [-0.2, -0.15) is 0 Å². The molecular formula is C21H24N2O3. The van der Waals surface area contributed by atoms with Gasteiger partial charge in [-0.15, -0.1) is 0 Å². The smallest absolute Gasteiger partial charge is 0.338 e. The van der Waals surface area contributed by atoms with Gasteiger partial charge in [0.25, 0.3) is 0 Å². The minimum atomic E-state index is -0.327. The molecule has 0 aliphatic heterocycles. The normalized spacial score (nSPS) is 12.2. The lowest BCUT2D eigenvalue weighted by molar-refractivity contribution is 0.0526. The topological polar surface area (TPSA) is 53.4 Å². The summed E-state index contributed by atoms with van der Waals surface area (Å²) in [5.41, 5.74) is 3.22. The number of carbonyl (C=O) groups is 1. The fourth-order valence-corrected chi connectivity index (χ4v) is 3.09. The number of para-hydroxylation sites is 1. The highest BCUT2D eigenvalue weighted by Gasteiger charge is 2.20. The standard InChI is InChI=1S/C21H24N2O3/c1-5-14(3)23-18-12-11-15(21(24)26-6-2)13-17(18)22-20(23)16-9-7-8-10-19(16)25-4/h7-14H,5-6H2,1-4H3/t14-/m1/s1. The van der Waals surface area contributed by atoms with Crippen LogP contribution >= 0.6 is 0 Å². The number of hydrogen-bond acceptors (Lipinski definition) is 4. The van der Waals surface area contributed by atoms with E-state index in [0.29, 0.717) is 12.2 Å². The first-order valence-electron chi connectivity index (χ1n) is 8.93. The summed E-state index contributed by atoms with van der Waals surface area (Å²) in [4.78, 5) is 16.9. The highest BCUT2D eigenvalue weighted by atomic mass is 16.5. The summed E-state index contributed by atoms with van der Waals surface area (Å²) in [6.45, 7) is 6.47. The molecule has 0 spiro atoms. The van der Waals surface area contributed by atoms with Crippen LogP contribution in [-0.2, 0) is 4.74 Å². The Balaban J connectivity index is 2.23. The van der Waals surface area contributed by atoms with Crippen molar-refractivity contribution in [3.63, 3.8) is 0 Å². The minimum Gasteiger partial charge on any atom is -0.496 e. The molecule has 0 N–H and O–H groups in total. The van der Waals surface area contributed by atoms with Crippen LogP contribution in [0.5, 0.6) is 5.75 Å². The number of imidazole rings is 1. The van der Waals surface area contributed by atoms with Crippen molar-refractivity contribution in [1.82, 2.24) is 9.55 Å². The molecule has 3 aromatic rings. The molecule has 0 saturated heterocycles. The Kier molecular flexibility index (Phi) is 5.26. The maximum atomic E-state index is 12.1. The summed E-state index contributed by atoms with van der Waals surface area (Å²) in [5.74, 6) is 1.29. The molecule has 0 saturated carbocycles. The van der Waals surface area contributed by atoms with Crippen molar-refractivity contribution in [2.45, 2.75) is 33.2 Å². The molecule has 5 heteroatoms. The van der Waals surface area contributed by atoms with Crippen molar-refractivity contribution in [1.29, 1.82) is 0 Å². The van der Waals surface area contributed by atoms with E-state index in [1.165, 1.54) is 0 Å². The Labute approximate surface area is 153 Å². The minimum absolute atomic E-state index is 0.258. The Morgan fingerprint density at radius 3 is 2.65 bits per heavy atom. The van der Waals surface area contributed by atoms with E-state index >= 15 is 0 Å². The zero-order valence-electron chi connectivity index (χ0n) is 15.7. The summed E-state index contributed by atoms with van der Waals surface area (Å²) in [6.07, 6.45) is 0.966. The molecular weight excluding hydrogens is 328 g/mol. The van der Waals surface area contributed by atoms with Crippen molar-refractivity contribution in [2.24, 2.45) is 0 Å². The molecule has 0 unspecified atom stereocenters. The number of aromatic nitrogens is 2. The molecule has 26 heavy (non-hydrogen) atoms. The van der Waals surface area contributed by atoms with Crippen LogP contribution in [-0.4, -0.2) is 29.2 Å². The van der Waals surface area contributed by atoms with E-state index < -0.39 is 0 Å². The predicted molar refractivity (Wildman–Crippen MR) is 103 cm³/mol. The van der Waals surface area contributed by atoms with Gasteiger partial charge >= 0.3 is 5.97 Å². The molecule has 0 amide bonds. The van der Waals surface area contributed by atoms with Gasteiger partial charge in [-0.3, -0.25) is 0 Å². The van der Waals surface area contributed by atoms with Crippen molar-refractivity contribution in [3.05, 3.63) is 48.0 Å². The van der Waals surface area contributed by atoms with E-state index in [2.05, 4.69) is 18.4 Å². The molecule has 0 radical (unpaired) electrons. The van der Waals surface area contributed by atoms with Gasteiger partial charge in [0, 0.05) is 6.04 Å². The van der Waals surface area contributed by atoms with E-state index in [1.807, 2.05) is 30.3 Å². The summed E-state index contributed by atoms with van der Waals surface area (Å²) in [6, 6.07) is 13.6. The van der Waals surface area contributed by atoms with Gasteiger partial charge < -0.3 is 14.0 Å². The number of benzene rings is 2. The SMILES string of the molecule is CCOC(=O)c1ccc2c(c1)nc(-c1ccccc1OC)n2[C@H](C)CC. The largest absolute Gasteiger partial charge is 0.496 e. The van der Waals surface area contributed by atoms with Crippen LogP contribution in [0.3, 0.4) is 0 Å². The highest BCUT2D eigenvalue weighted by molar-refractivity contribution is 5.94. The first-order chi connectivity index (χ1) is 12.6. The molecule has 0 aliphatic rings. The number of fused-ring (bicyclic) bond motifs is 1. The molecule has 1 atom stereocenters. The summed E-state index contributed by atoms with van der Waals surface area (Å²) in [5, 5.41) is 0. The third kappa shape index (κ3) is 3.17. The van der Waals surface area contributed by atoms with Crippen molar-refractivity contribution in [2.75, 3.05) is 13.7 Å².